The first-order valence-electron chi connectivity index (χ1n) is 8.70. The molecule has 0 saturated carbocycles. The van der Waals surface area contributed by atoms with Crippen molar-refractivity contribution in [1.82, 2.24) is 4.57 Å². The number of hydrogen-bond acceptors (Lipinski definition) is 1. The average molecular weight is 344 g/mol. The summed E-state index contributed by atoms with van der Waals surface area (Å²) in [7, 11) is 0. The molecule has 0 aliphatic rings. The highest BCUT2D eigenvalue weighted by Crippen LogP contribution is 2.26. The Balaban J connectivity index is 2.07. The standard InChI is InChI=1S/C23H21FN2/c1-4-18-9-11-21(12-10-18)26-16(2)13-19(17(26)3)14-20(15-25)22-7-5-6-8-23(22)24/h5-14H,4H2,1-3H3. The zero-order valence-electron chi connectivity index (χ0n) is 15.3. The van der Waals surface area contributed by atoms with Gasteiger partial charge >= 0.3 is 0 Å². The summed E-state index contributed by atoms with van der Waals surface area (Å²) in [5.74, 6) is -0.385. The van der Waals surface area contributed by atoms with Crippen LogP contribution in [0.5, 0.6) is 0 Å². The molecule has 3 rings (SSSR count). The van der Waals surface area contributed by atoms with E-state index in [9.17, 15) is 9.65 Å². The van der Waals surface area contributed by atoms with Gasteiger partial charge in [-0.15, -0.1) is 0 Å². The average Bonchev–Trinajstić information content (AvgIpc) is 2.94. The lowest BCUT2D eigenvalue weighted by atomic mass is 10.0. The second-order valence-electron chi connectivity index (χ2n) is 6.33. The van der Waals surface area contributed by atoms with Gasteiger partial charge in [-0.1, -0.05) is 37.3 Å². The number of nitrogens with zero attached hydrogens (tertiary/aromatic N) is 2. The number of aromatic nitrogens is 1. The fourth-order valence-corrected chi connectivity index (χ4v) is 3.22. The van der Waals surface area contributed by atoms with Gasteiger partial charge in [-0.3, -0.25) is 0 Å². The van der Waals surface area contributed by atoms with Crippen LogP contribution in [0.15, 0.2) is 54.6 Å². The monoisotopic (exact) mass is 344 g/mol. The lowest BCUT2D eigenvalue weighted by Crippen LogP contribution is -1.99. The molecule has 1 heterocycles. The van der Waals surface area contributed by atoms with Crippen LogP contribution >= 0.6 is 0 Å². The third-order valence-corrected chi connectivity index (χ3v) is 4.66. The van der Waals surface area contributed by atoms with E-state index in [1.165, 1.54) is 11.6 Å². The van der Waals surface area contributed by atoms with Crippen molar-refractivity contribution in [1.29, 1.82) is 5.26 Å². The third-order valence-electron chi connectivity index (χ3n) is 4.66. The molecule has 1 aromatic heterocycles. The Morgan fingerprint density at radius 1 is 1.12 bits per heavy atom. The van der Waals surface area contributed by atoms with Crippen LogP contribution in [0.4, 0.5) is 4.39 Å². The second-order valence-corrected chi connectivity index (χ2v) is 6.33. The molecule has 0 spiro atoms. The Hall–Kier alpha value is -3.12. The summed E-state index contributed by atoms with van der Waals surface area (Å²) >= 11 is 0. The van der Waals surface area contributed by atoms with Crippen molar-refractivity contribution in [2.45, 2.75) is 27.2 Å². The maximum absolute atomic E-state index is 14.1. The van der Waals surface area contributed by atoms with E-state index >= 15 is 0 Å². The molecule has 3 aromatic rings. The SMILES string of the molecule is CCc1ccc(-n2c(C)cc(C=C(C#N)c3ccccc3F)c2C)cc1. The van der Waals surface area contributed by atoms with Crippen molar-refractivity contribution in [3.63, 3.8) is 0 Å². The molecule has 0 fully saturated rings. The van der Waals surface area contributed by atoms with Crippen LogP contribution in [0.2, 0.25) is 0 Å². The number of rotatable bonds is 4. The molecule has 0 aliphatic heterocycles. The van der Waals surface area contributed by atoms with E-state index < -0.39 is 0 Å². The van der Waals surface area contributed by atoms with E-state index in [0.717, 1.165) is 29.1 Å². The van der Waals surface area contributed by atoms with Crippen LogP contribution in [-0.4, -0.2) is 4.57 Å². The van der Waals surface area contributed by atoms with Gasteiger partial charge in [0.25, 0.3) is 0 Å². The third kappa shape index (κ3) is 3.32. The van der Waals surface area contributed by atoms with E-state index in [2.05, 4.69) is 41.8 Å². The molecule has 0 amide bonds. The minimum Gasteiger partial charge on any atom is -0.318 e. The zero-order valence-corrected chi connectivity index (χ0v) is 15.3. The number of halogens is 1. The molecule has 0 saturated heterocycles. The van der Waals surface area contributed by atoms with Gasteiger partial charge in [-0.25, -0.2) is 4.39 Å². The Labute approximate surface area is 153 Å². The Morgan fingerprint density at radius 2 is 1.81 bits per heavy atom. The lowest BCUT2D eigenvalue weighted by molar-refractivity contribution is 0.624. The van der Waals surface area contributed by atoms with Gasteiger partial charge in [0, 0.05) is 22.6 Å². The molecule has 2 nitrogen and oxygen atoms in total. The van der Waals surface area contributed by atoms with E-state index in [4.69, 9.17) is 0 Å². The fraction of sp³-hybridized carbons (Fsp3) is 0.174. The molecule has 130 valence electrons. The molecule has 0 radical (unpaired) electrons. The van der Waals surface area contributed by atoms with Crippen molar-refractivity contribution in [3.05, 3.63) is 88.5 Å². The zero-order chi connectivity index (χ0) is 18.7. The topological polar surface area (TPSA) is 28.7 Å². The van der Waals surface area contributed by atoms with Crippen molar-refractivity contribution >= 4 is 11.6 Å². The minimum absolute atomic E-state index is 0.324. The molecule has 0 bridgehead atoms. The van der Waals surface area contributed by atoms with Gasteiger partial charge in [0.2, 0.25) is 0 Å². The molecular formula is C23H21FN2. The predicted molar refractivity (Wildman–Crippen MR) is 105 cm³/mol. The van der Waals surface area contributed by atoms with E-state index in [0.29, 0.717) is 11.1 Å². The quantitative estimate of drug-likeness (QED) is 0.545. The van der Waals surface area contributed by atoms with Crippen molar-refractivity contribution < 1.29 is 4.39 Å². The first kappa shape index (κ1) is 17.7. The van der Waals surface area contributed by atoms with Crippen molar-refractivity contribution in [3.8, 4) is 11.8 Å². The lowest BCUT2D eigenvalue weighted by Gasteiger charge is -2.10. The number of allylic oxidation sites excluding steroid dienone is 1. The Bertz CT molecular complexity index is 1000. The van der Waals surface area contributed by atoms with Crippen LogP contribution in [0.3, 0.4) is 0 Å². The molecule has 26 heavy (non-hydrogen) atoms. The van der Waals surface area contributed by atoms with Crippen LogP contribution in [0.25, 0.3) is 17.3 Å². The summed E-state index contributed by atoms with van der Waals surface area (Å²) < 4.78 is 16.2. The number of benzene rings is 2. The molecule has 0 unspecified atom stereocenters. The van der Waals surface area contributed by atoms with Gasteiger partial charge < -0.3 is 4.57 Å². The van der Waals surface area contributed by atoms with Crippen molar-refractivity contribution in [2.75, 3.05) is 0 Å². The maximum atomic E-state index is 14.1. The van der Waals surface area contributed by atoms with E-state index in [1.54, 1.807) is 24.3 Å². The van der Waals surface area contributed by atoms with Crippen molar-refractivity contribution in [2.24, 2.45) is 0 Å². The summed E-state index contributed by atoms with van der Waals surface area (Å²) in [4.78, 5) is 0. The fourth-order valence-electron chi connectivity index (χ4n) is 3.22. The molecule has 3 heteroatoms. The second kappa shape index (κ2) is 7.41. The maximum Gasteiger partial charge on any atom is 0.131 e. The summed E-state index contributed by atoms with van der Waals surface area (Å²) in [5.41, 5.74) is 6.04. The number of hydrogen-bond donors (Lipinski definition) is 0. The first-order valence-corrected chi connectivity index (χ1v) is 8.70. The largest absolute Gasteiger partial charge is 0.318 e. The summed E-state index contributed by atoms with van der Waals surface area (Å²) in [6.45, 7) is 6.19. The van der Waals surface area contributed by atoms with Crippen LogP contribution < -0.4 is 0 Å². The van der Waals surface area contributed by atoms with E-state index in [1.807, 2.05) is 19.9 Å². The highest BCUT2D eigenvalue weighted by Gasteiger charge is 2.12. The summed E-state index contributed by atoms with van der Waals surface area (Å²) in [6, 6.07) is 19.0. The number of nitriles is 1. The summed E-state index contributed by atoms with van der Waals surface area (Å²) in [6.07, 6.45) is 2.77. The van der Waals surface area contributed by atoms with Gasteiger partial charge in [-0.2, -0.15) is 5.26 Å². The summed E-state index contributed by atoms with van der Waals surface area (Å²) in [5, 5.41) is 9.52. The van der Waals surface area contributed by atoms with Gasteiger partial charge in [0.15, 0.2) is 0 Å². The van der Waals surface area contributed by atoms with Gasteiger partial charge in [0.05, 0.1) is 11.6 Å². The molecule has 0 N–H and O–H groups in total. The normalized spacial score (nSPS) is 11.4. The minimum atomic E-state index is -0.385. The van der Waals surface area contributed by atoms with Crippen LogP contribution in [0.1, 0.15) is 35.0 Å². The van der Waals surface area contributed by atoms with Gasteiger partial charge in [0.1, 0.15) is 5.82 Å². The van der Waals surface area contributed by atoms with Gasteiger partial charge in [-0.05, 0) is 61.7 Å². The molecule has 0 aliphatic carbocycles. The smallest absolute Gasteiger partial charge is 0.131 e. The predicted octanol–water partition coefficient (Wildman–Crippen LogP) is 5.86. The molecule has 0 atom stereocenters. The first-order chi connectivity index (χ1) is 12.5. The Kier molecular flexibility index (Phi) is 5.04. The molecular weight excluding hydrogens is 323 g/mol. The highest BCUT2D eigenvalue weighted by atomic mass is 19.1. The van der Waals surface area contributed by atoms with Crippen LogP contribution in [-0.2, 0) is 6.42 Å². The highest BCUT2D eigenvalue weighted by molar-refractivity contribution is 5.90. The van der Waals surface area contributed by atoms with E-state index in [-0.39, 0.29) is 5.82 Å². The number of aryl methyl sites for hydroxylation is 2. The Morgan fingerprint density at radius 3 is 2.42 bits per heavy atom. The molecule has 2 aromatic carbocycles. The van der Waals surface area contributed by atoms with Crippen LogP contribution in [0, 0.1) is 31.0 Å².